The summed E-state index contributed by atoms with van der Waals surface area (Å²) < 4.78 is 54.6. The summed E-state index contributed by atoms with van der Waals surface area (Å²) in [6, 6.07) is 3.12. The van der Waals surface area contributed by atoms with E-state index in [1.807, 2.05) is 27.7 Å². The number of rotatable bonds is 3. The minimum Gasteiger partial charge on any atom is -0.207 e. The quantitative estimate of drug-likeness (QED) is 0.845. The van der Waals surface area contributed by atoms with E-state index in [2.05, 4.69) is 0 Å². The van der Waals surface area contributed by atoms with Crippen LogP contribution in [0.5, 0.6) is 0 Å². The lowest BCUT2D eigenvalue weighted by molar-refractivity contribution is 0.0605. The van der Waals surface area contributed by atoms with Crippen molar-refractivity contribution in [1.82, 2.24) is 4.31 Å². The van der Waals surface area contributed by atoms with Crippen molar-refractivity contribution in [2.45, 2.75) is 45.4 Å². The monoisotopic (exact) mass is 331 g/mol. The molecular formula is C16H23F2NO2S. The number of piperidine rings is 1. The van der Waals surface area contributed by atoms with E-state index in [-0.39, 0.29) is 23.9 Å². The summed E-state index contributed by atoms with van der Waals surface area (Å²) in [5.41, 5.74) is -0.436. The highest BCUT2D eigenvalue weighted by atomic mass is 32.2. The molecule has 6 heteroatoms. The zero-order chi connectivity index (χ0) is 16.8. The summed E-state index contributed by atoms with van der Waals surface area (Å²) >= 11 is 0. The van der Waals surface area contributed by atoms with Crippen LogP contribution in [0.3, 0.4) is 0 Å². The number of hydrogen-bond acceptors (Lipinski definition) is 2. The first-order valence-electron chi connectivity index (χ1n) is 7.45. The lowest BCUT2D eigenvalue weighted by Crippen LogP contribution is -2.51. The fraction of sp³-hybridized carbons (Fsp3) is 0.625. The molecule has 1 atom stereocenters. The van der Waals surface area contributed by atoms with E-state index in [4.69, 9.17) is 0 Å². The molecule has 1 aliphatic rings. The van der Waals surface area contributed by atoms with E-state index in [9.17, 15) is 17.2 Å². The van der Waals surface area contributed by atoms with Crippen molar-refractivity contribution in [2.24, 2.45) is 10.8 Å². The van der Waals surface area contributed by atoms with E-state index in [0.29, 0.717) is 0 Å². The number of benzene rings is 1. The molecular weight excluding hydrogens is 308 g/mol. The molecule has 0 aliphatic carbocycles. The predicted molar refractivity (Wildman–Crippen MR) is 81.9 cm³/mol. The van der Waals surface area contributed by atoms with E-state index in [0.717, 1.165) is 25.0 Å². The summed E-state index contributed by atoms with van der Waals surface area (Å²) in [6.45, 7) is 8.55. The zero-order valence-electron chi connectivity index (χ0n) is 13.5. The summed E-state index contributed by atoms with van der Waals surface area (Å²) in [5, 5.41) is 0. The third-order valence-electron chi connectivity index (χ3n) is 4.44. The van der Waals surface area contributed by atoms with Crippen LogP contribution in [0.15, 0.2) is 23.1 Å². The Morgan fingerprint density at radius 1 is 1.14 bits per heavy atom. The molecule has 1 unspecified atom stereocenters. The molecule has 1 aliphatic heterocycles. The van der Waals surface area contributed by atoms with Crippen LogP contribution in [-0.2, 0) is 10.0 Å². The standard InChI is InChI=1S/C16H23F2NO2S/c1-5-16(4)9-15(2,3)10-19(11-16)22(20,21)14-12(17)7-6-8-13(14)18/h6-8H,5,9-11H2,1-4H3. The highest BCUT2D eigenvalue weighted by molar-refractivity contribution is 7.89. The van der Waals surface area contributed by atoms with Crippen molar-refractivity contribution >= 4 is 10.0 Å². The Bertz CT molecular complexity index is 652. The van der Waals surface area contributed by atoms with E-state index in [1.54, 1.807) is 0 Å². The Hall–Kier alpha value is -1.01. The number of halogens is 2. The van der Waals surface area contributed by atoms with Crippen LogP contribution in [0.2, 0.25) is 0 Å². The average Bonchev–Trinajstić information content (AvgIpc) is 2.36. The maximum atomic E-state index is 13.9. The first-order chi connectivity index (χ1) is 10.0. The largest absolute Gasteiger partial charge is 0.248 e. The second-order valence-corrected chi connectivity index (χ2v) is 9.20. The molecule has 2 rings (SSSR count). The van der Waals surface area contributed by atoms with Gasteiger partial charge in [-0.2, -0.15) is 4.31 Å². The molecule has 1 aromatic rings. The van der Waals surface area contributed by atoms with Crippen molar-refractivity contribution in [3.63, 3.8) is 0 Å². The van der Waals surface area contributed by atoms with E-state index in [1.165, 1.54) is 10.4 Å². The molecule has 0 saturated carbocycles. The van der Waals surface area contributed by atoms with Crippen LogP contribution >= 0.6 is 0 Å². The van der Waals surface area contributed by atoms with Gasteiger partial charge in [0.1, 0.15) is 11.6 Å². The molecule has 0 aromatic heterocycles. The van der Waals surface area contributed by atoms with Crippen molar-refractivity contribution in [1.29, 1.82) is 0 Å². The second kappa shape index (κ2) is 5.57. The van der Waals surface area contributed by atoms with Crippen LogP contribution in [0.25, 0.3) is 0 Å². The third kappa shape index (κ3) is 3.18. The molecule has 0 spiro atoms. The Morgan fingerprint density at radius 3 is 2.18 bits per heavy atom. The Balaban J connectivity index is 2.49. The molecule has 1 saturated heterocycles. The van der Waals surface area contributed by atoms with Crippen molar-refractivity contribution in [2.75, 3.05) is 13.1 Å². The predicted octanol–water partition coefficient (Wildman–Crippen LogP) is 3.80. The number of sulfonamides is 1. The molecule has 0 N–H and O–H groups in total. The maximum absolute atomic E-state index is 13.9. The minimum atomic E-state index is -4.19. The van der Waals surface area contributed by atoms with Crippen molar-refractivity contribution in [3.8, 4) is 0 Å². The van der Waals surface area contributed by atoms with Crippen LogP contribution in [-0.4, -0.2) is 25.8 Å². The first-order valence-corrected chi connectivity index (χ1v) is 8.89. The van der Waals surface area contributed by atoms with E-state index < -0.39 is 26.6 Å². The first kappa shape index (κ1) is 17.3. The number of hydrogen-bond donors (Lipinski definition) is 0. The topological polar surface area (TPSA) is 37.4 Å². The van der Waals surface area contributed by atoms with Gasteiger partial charge < -0.3 is 0 Å². The average molecular weight is 331 g/mol. The zero-order valence-corrected chi connectivity index (χ0v) is 14.3. The highest BCUT2D eigenvalue weighted by Crippen LogP contribution is 2.44. The lowest BCUT2D eigenvalue weighted by atomic mass is 9.69. The van der Waals surface area contributed by atoms with Crippen LogP contribution in [0, 0.1) is 22.5 Å². The minimum absolute atomic E-state index is 0.198. The van der Waals surface area contributed by atoms with Gasteiger partial charge in [-0.3, -0.25) is 0 Å². The van der Waals surface area contributed by atoms with Gasteiger partial charge in [0.05, 0.1) is 0 Å². The third-order valence-corrected chi connectivity index (χ3v) is 6.28. The second-order valence-electron chi connectivity index (χ2n) is 7.33. The smallest absolute Gasteiger partial charge is 0.207 e. The molecule has 1 aromatic carbocycles. The van der Waals surface area contributed by atoms with Crippen LogP contribution in [0.1, 0.15) is 40.5 Å². The van der Waals surface area contributed by atoms with Gasteiger partial charge >= 0.3 is 0 Å². The Kier molecular flexibility index (Phi) is 4.39. The van der Waals surface area contributed by atoms with Gasteiger partial charge in [-0.1, -0.05) is 33.8 Å². The van der Waals surface area contributed by atoms with Crippen molar-refractivity contribution < 1.29 is 17.2 Å². The van der Waals surface area contributed by atoms with Gasteiger partial charge in [0.2, 0.25) is 10.0 Å². The van der Waals surface area contributed by atoms with Gasteiger partial charge in [-0.05, 0) is 35.8 Å². The molecule has 0 radical (unpaired) electrons. The number of nitrogens with zero attached hydrogens (tertiary/aromatic N) is 1. The Labute approximate surface area is 131 Å². The van der Waals surface area contributed by atoms with Gasteiger partial charge in [-0.15, -0.1) is 0 Å². The van der Waals surface area contributed by atoms with E-state index >= 15 is 0 Å². The van der Waals surface area contributed by atoms with Gasteiger partial charge in [0.25, 0.3) is 0 Å². The van der Waals surface area contributed by atoms with Gasteiger partial charge in [-0.25, -0.2) is 17.2 Å². The highest BCUT2D eigenvalue weighted by Gasteiger charge is 2.44. The van der Waals surface area contributed by atoms with Gasteiger partial charge in [0.15, 0.2) is 4.90 Å². The van der Waals surface area contributed by atoms with Crippen LogP contribution < -0.4 is 0 Å². The lowest BCUT2D eigenvalue weighted by Gasteiger charge is -2.47. The summed E-state index contributed by atoms with van der Waals surface area (Å²) in [5.74, 6) is -2.08. The molecule has 3 nitrogen and oxygen atoms in total. The Morgan fingerprint density at radius 2 is 1.68 bits per heavy atom. The fourth-order valence-electron chi connectivity index (χ4n) is 3.49. The maximum Gasteiger partial charge on any atom is 0.248 e. The summed E-state index contributed by atoms with van der Waals surface area (Å²) in [4.78, 5) is -0.842. The molecule has 0 amide bonds. The molecule has 0 bridgehead atoms. The summed E-state index contributed by atoms with van der Waals surface area (Å²) in [6.07, 6.45) is 1.68. The molecule has 22 heavy (non-hydrogen) atoms. The molecule has 1 fully saturated rings. The van der Waals surface area contributed by atoms with Crippen LogP contribution in [0.4, 0.5) is 8.78 Å². The normalized spacial score (nSPS) is 26.1. The molecule has 1 heterocycles. The summed E-state index contributed by atoms with van der Waals surface area (Å²) in [7, 11) is -4.19. The fourth-order valence-corrected chi connectivity index (χ4v) is 5.38. The van der Waals surface area contributed by atoms with Crippen molar-refractivity contribution in [3.05, 3.63) is 29.8 Å². The SMILES string of the molecule is CCC1(C)CN(S(=O)(=O)c2c(F)cccc2F)CC(C)(C)C1. The van der Waals surface area contributed by atoms with Gasteiger partial charge in [0, 0.05) is 13.1 Å². The molecule has 124 valence electrons.